The Kier molecular flexibility index (Phi) is 4.77. The lowest BCUT2D eigenvalue weighted by molar-refractivity contribution is 0.0731. The lowest BCUT2D eigenvalue weighted by Crippen LogP contribution is -2.43. The molecule has 0 unspecified atom stereocenters. The maximum absolute atomic E-state index is 13.5. The second-order valence-corrected chi connectivity index (χ2v) is 11.6. The van der Waals surface area contributed by atoms with Gasteiger partial charge in [0, 0.05) is 12.1 Å². The zero-order valence-electron chi connectivity index (χ0n) is 17.7. The molecule has 164 valence electrons. The topological polar surface area (TPSA) is 86.7 Å². The molecule has 31 heavy (non-hydrogen) atoms. The molecule has 0 radical (unpaired) electrons. The van der Waals surface area contributed by atoms with Crippen LogP contribution in [0.5, 0.6) is 0 Å². The number of rotatable bonds is 5. The molecule has 6 nitrogen and oxygen atoms in total. The third-order valence-electron chi connectivity index (χ3n) is 7.43. The third kappa shape index (κ3) is 3.30. The number of aliphatic hydroxyl groups is 1. The molecule has 2 saturated carbocycles. The molecule has 7 heteroatoms. The highest BCUT2D eigenvalue weighted by Crippen LogP contribution is 2.56. The summed E-state index contributed by atoms with van der Waals surface area (Å²) in [5.41, 5.74) is 0.659. The summed E-state index contributed by atoms with van der Waals surface area (Å²) in [6, 6.07) is 15.5. The van der Waals surface area contributed by atoms with Crippen molar-refractivity contribution in [3.05, 3.63) is 65.7 Å². The monoisotopic (exact) mass is 440 g/mol. The van der Waals surface area contributed by atoms with Gasteiger partial charge in [-0.05, 0) is 68.2 Å². The van der Waals surface area contributed by atoms with Crippen LogP contribution in [0.1, 0.15) is 42.6 Å². The lowest BCUT2D eigenvalue weighted by atomic mass is 9.88. The molecular weight excluding hydrogens is 412 g/mol. The van der Waals surface area contributed by atoms with E-state index in [1.54, 1.807) is 12.1 Å². The molecule has 0 spiro atoms. The van der Waals surface area contributed by atoms with Gasteiger partial charge < -0.3 is 10.4 Å². The Morgan fingerprint density at radius 3 is 2.52 bits per heavy atom. The Morgan fingerprint density at radius 2 is 1.81 bits per heavy atom. The van der Waals surface area contributed by atoms with Crippen LogP contribution in [0.15, 0.2) is 59.5 Å². The average Bonchev–Trinajstić information content (AvgIpc) is 3.38. The number of amides is 1. The van der Waals surface area contributed by atoms with E-state index in [4.69, 9.17) is 0 Å². The Balaban J connectivity index is 1.40. The summed E-state index contributed by atoms with van der Waals surface area (Å²) in [5, 5.41) is 13.6. The van der Waals surface area contributed by atoms with Crippen LogP contribution >= 0.6 is 0 Å². The molecule has 2 aromatic carbocycles. The SMILES string of the molecule is CC(C)(NC(=O)c1cccc(S(=O)(=O)N2C[C@@H]3C[C@H]4C[C@H]3[C@@H]2[C@H]4O)c1)c1ccccc1. The molecule has 2 bridgehead atoms. The first-order valence-electron chi connectivity index (χ1n) is 10.9. The van der Waals surface area contributed by atoms with Crippen LogP contribution in [0.3, 0.4) is 0 Å². The van der Waals surface area contributed by atoms with Crippen molar-refractivity contribution in [2.24, 2.45) is 17.8 Å². The van der Waals surface area contributed by atoms with Gasteiger partial charge in [0.15, 0.2) is 0 Å². The maximum Gasteiger partial charge on any atom is 0.251 e. The fourth-order valence-electron chi connectivity index (χ4n) is 5.85. The van der Waals surface area contributed by atoms with E-state index in [1.165, 1.54) is 16.4 Å². The van der Waals surface area contributed by atoms with Gasteiger partial charge in [0.2, 0.25) is 10.0 Å². The van der Waals surface area contributed by atoms with Gasteiger partial charge in [-0.2, -0.15) is 4.31 Å². The number of nitrogens with zero attached hydrogens (tertiary/aromatic N) is 1. The quantitative estimate of drug-likeness (QED) is 0.749. The first kappa shape index (κ1) is 20.7. The minimum absolute atomic E-state index is 0.106. The highest BCUT2D eigenvalue weighted by atomic mass is 32.2. The Hall–Kier alpha value is -2.22. The molecule has 1 amide bonds. The van der Waals surface area contributed by atoms with Crippen molar-refractivity contribution in [3.8, 4) is 0 Å². The largest absolute Gasteiger partial charge is 0.391 e. The average molecular weight is 441 g/mol. The van der Waals surface area contributed by atoms with Crippen LogP contribution in [-0.4, -0.2) is 42.4 Å². The van der Waals surface area contributed by atoms with E-state index in [0.717, 1.165) is 18.4 Å². The summed E-state index contributed by atoms with van der Waals surface area (Å²) in [5.74, 6) is 0.491. The molecular formula is C24H28N2O4S. The molecule has 5 rings (SSSR count). The fraction of sp³-hybridized carbons (Fsp3) is 0.458. The van der Waals surface area contributed by atoms with Crippen molar-refractivity contribution >= 4 is 15.9 Å². The molecule has 2 aliphatic carbocycles. The van der Waals surface area contributed by atoms with Crippen molar-refractivity contribution in [1.29, 1.82) is 0 Å². The standard InChI is InChI=1S/C24H28N2O4S/c1-24(2,18-8-4-3-5-9-18)25-23(28)15-7-6-10-19(12-15)31(29,30)26-14-17-11-16-13-20(17)21(26)22(16)27/h3-10,12,16-17,20-22,27H,11,13-14H2,1-2H3,(H,25,28)/t16-,17-,20+,21+,22-/m0/s1. The number of hydrogen-bond donors (Lipinski definition) is 2. The number of sulfonamides is 1. The number of carbonyl (C=O) groups is 1. The molecule has 2 N–H and O–H groups in total. The van der Waals surface area contributed by atoms with Gasteiger partial charge in [-0.25, -0.2) is 8.42 Å². The number of fused-ring (bicyclic) bond motifs is 1. The van der Waals surface area contributed by atoms with E-state index in [2.05, 4.69) is 5.32 Å². The predicted molar refractivity (Wildman–Crippen MR) is 117 cm³/mol. The van der Waals surface area contributed by atoms with Crippen molar-refractivity contribution in [2.45, 2.75) is 49.3 Å². The number of aliphatic hydroxyl groups excluding tert-OH is 1. The second kappa shape index (κ2) is 7.15. The van der Waals surface area contributed by atoms with Crippen LogP contribution in [-0.2, 0) is 15.6 Å². The van der Waals surface area contributed by atoms with Crippen LogP contribution < -0.4 is 5.32 Å². The highest BCUT2D eigenvalue weighted by Gasteiger charge is 2.61. The van der Waals surface area contributed by atoms with Crippen molar-refractivity contribution in [1.82, 2.24) is 9.62 Å². The molecule has 3 fully saturated rings. The van der Waals surface area contributed by atoms with Gasteiger partial charge in [0.1, 0.15) is 0 Å². The zero-order valence-corrected chi connectivity index (χ0v) is 18.5. The smallest absolute Gasteiger partial charge is 0.251 e. The Morgan fingerprint density at radius 1 is 1.06 bits per heavy atom. The van der Waals surface area contributed by atoms with Crippen LogP contribution in [0.4, 0.5) is 0 Å². The van der Waals surface area contributed by atoms with Gasteiger partial charge in [-0.15, -0.1) is 0 Å². The lowest BCUT2D eigenvalue weighted by Gasteiger charge is -2.28. The van der Waals surface area contributed by atoms with Gasteiger partial charge in [-0.1, -0.05) is 36.4 Å². The molecule has 1 saturated heterocycles. The van der Waals surface area contributed by atoms with Crippen molar-refractivity contribution in [2.75, 3.05) is 6.54 Å². The van der Waals surface area contributed by atoms with E-state index in [1.807, 2.05) is 44.2 Å². The number of hydrogen-bond acceptors (Lipinski definition) is 4. The number of carbonyl (C=O) groups excluding carboxylic acids is 1. The minimum Gasteiger partial charge on any atom is -0.391 e. The van der Waals surface area contributed by atoms with E-state index >= 15 is 0 Å². The second-order valence-electron chi connectivity index (χ2n) is 9.68. The van der Waals surface area contributed by atoms with Gasteiger partial charge in [-0.3, -0.25) is 4.79 Å². The first-order chi connectivity index (χ1) is 14.7. The molecule has 1 aliphatic heterocycles. The molecule has 0 aromatic heterocycles. The van der Waals surface area contributed by atoms with E-state index in [9.17, 15) is 18.3 Å². The predicted octanol–water partition coefficient (Wildman–Crippen LogP) is 2.74. The third-order valence-corrected chi connectivity index (χ3v) is 9.29. The normalized spacial score (nSPS) is 30.0. The summed E-state index contributed by atoms with van der Waals surface area (Å²) in [6.45, 7) is 4.29. The number of nitrogens with one attached hydrogen (secondary N) is 1. The van der Waals surface area contributed by atoms with E-state index in [0.29, 0.717) is 18.0 Å². The molecule has 1 heterocycles. The van der Waals surface area contributed by atoms with Gasteiger partial charge in [0.05, 0.1) is 22.6 Å². The van der Waals surface area contributed by atoms with Crippen molar-refractivity contribution < 1.29 is 18.3 Å². The van der Waals surface area contributed by atoms with Gasteiger partial charge >= 0.3 is 0 Å². The van der Waals surface area contributed by atoms with Crippen LogP contribution in [0.25, 0.3) is 0 Å². The fourth-order valence-corrected chi connectivity index (χ4v) is 7.64. The first-order valence-corrected chi connectivity index (χ1v) is 12.3. The molecule has 2 aromatic rings. The zero-order chi connectivity index (χ0) is 22.0. The maximum atomic E-state index is 13.5. The highest BCUT2D eigenvalue weighted by molar-refractivity contribution is 7.89. The summed E-state index contributed by atoms with van der Waals surface area (Å²) < 4.78 is 28.4. The van der Waals surface area contributed by atoms with Gasteiger partial charge in [0.25, 0.3) is 5.91 Å². The summed E-state index contributed by atoms with van der Waals surface area (Å²) in [4.78, 5) is 13.1. The van der Waals surface area contributed by atoms with E-state index in [-0.39, 0.29) is 28.7 Å². The number of benzene rings is 2. The van der Waals surface area contributed by atoms with Crippen LogP contribution in [0, 0.1) is 17.8 Å². The Bertz CT molecular complexity index is 1110. The summed E-state index contributed by atoms with van der Waals surface area (Å²) in [6.07, 6.45) is 1.24. The summed E-state index contributed by atoms with van der Waals surface area (Å²) in [7, 11) is -3.79. The Labute approximate surface area is 183 Å². The van der Waals surface area contributed by atoms with E-state index < -0.39 is 21.7 Å². The summed E-state index contributed by atoms with van der Waals surface area (Å²) >= 11 is 0. The molecule has 5 atom stereocenters. The van der Waals surface area contributed by atoms with Crippen LogP contribution in [0.2, 0.25) is 0 Å². The molecule has 3 aliphatic rings. The minimum atomic E-state index is -3.79. The van der Waals surface area contributed by atoms with Crippen molar-refractivity contribution in [3.63, 3.8) is 0 Å².